The number of hydrogen-bond acceptors (Lipinski definition) is 5. The minimum absolute atomic E-state index is 0.229. The van der Waals surface area contributed by atoms with Crippen molar-refractivity contribution in [2.24, 2.45) is 0 Å². The summed E-state index contributed by atoms with van der Waals surface area (Å²) in [7, 11) is 2.67. The van der Waals surface area contributed by atoms with E-state index in [0.29, 0.717) is 6.61 Å². The fourth-order valence-corrected chi connectivity index (χ4v) is 4.74. The van der Waals surface area contributed by atoms with Gasteiger partial charge in [0.25, 0.3) is 0 Å². The Morgan fingerprint density at radius 3 is 1.58 bits per heavy atom. The van der Waals surface area contributed by atoms with E-state index in [-0.39, 0.29) is 5.97 Å². The minimum atomic E-state index is -2.36. The van der Waals surface area contributed by atoms with Gasteiger partial charge in [0.15, 0.2) is 0 Å². The van der Waals surface area contributed by atoms with Gasteiger partial charge in [-0.1, -0.05) is 63.9 Å². The van der Waals surface area contributed by atoms with Gasteiger partial charge in [-0.3, -0.25) is 0 Å². The topological polar surface area (TPSA) is 54.0 Å². The number of carbonyl (C=O) groups is 1. The minimum Gasteiger partial charge on any atom is -0.463 e. The molecular formula is C20H40O5Si. The fraction of sp³-hybridized carbons (Fsp3) is 0.850. The number of rotatable bonds is 18. The Balaban J connectivity index is 3.31. The van der Waals surface area contributed by atoms with Gasteiger partial charge in [0.05, 0.1) is 6.61 Å². The molecule has 0 aromatic heterocycles. The molecule has 0 aromatic rings. The Morgan fingerprint density at radius 1 is 0.731 bits per heavy atom. The highest BCUT2D eigenvalue weighted by Crippen LogP contribution is 2.18. The average Bonchev–Trinajstić information content (AvgIpc) is 2.66. The van der Waals surface area contributed by atoms with Crippen LogP contribution in [0.15, 0.2) is 12.2 Å². The number of ether oxygens (including phenoxy) is 1. The van der Waals surface area contributed by atoms with E-state index < -0.39 is 8.80 Å². The molecule has 0 bridgehead atoms. The highest BCUT2D eigenvalue weighted by Gasteiger charge is 2.36. The second kappa shape index (κ2) is 17.7. The molecule has 0 radical (unpaired) electrons. The van der Waals surface area contributed by atoms with E-state index in [1.165, 1.54) is 57.4 Å². The summed E-state index contributed by atoms with van der Waals surface area (Å²) in [4.78, 5) is 11.1. The Kier molecular flexibility index (Phi) is 17.2. The molecule has 0 aromatic carbocycles. The smallest absolute Gasteiger partial charge is 0.463 e. The molecule has 0 amide bonds. The van der Waals surface area contributed by atoms with Crippen LogP contribution in [-0.4, -0.2) is 42.7 Å². The van der Waals surface area contributed by atoms with Crippen molar-refractivity contribution in [2.45, 2.75) is 83.6 Å². The molecule has 0 rings (SSSR count). The second-order valence-electron chi connectivity index (χ2n) is 6.60. The van der Waals surface area contributed by atoms with E-state index in [1.807, 2.05) is 6.92 Å². The van der Waals surface area contributed by atoms with Crippen molar-refractivity contribution in [2.75, 3.05) is 27.9 Å². The molecule has 5 nitrogen and oxygen atoms in total. The summed E-state index contributed by atoms with van der Waals surface area (Å²) in [6.07, 6.45) is 16.7. The summed E-state index contributed by atoms with van der Waals surface area (Å²) >= 11 is 0. The zero-order valence-corrected chi connectivity index (χ0v) is 18.4. The molecule has 0 aliphatic rings. The molecule has 0 aliphatic heterocycles. The third-order valence-corrected chi connectivity index (χ3v) is 7.44. The molecule has 0 saturated heterocycles. The zero-order valence-electron chi connectivity index (χ0n) is 17.4. The lowest BCUT2D eigenvalue weighted by Crippen LogP contribution is -2.42. The Hall–Kier alpha value is -0.693. The summed E-state index contributed by atoms with van der Waals surface area (Å²) in [5.41, 5.74) is 0. The van der Waals surface area contributed by atoms with Crippen LogP contribution in [0.3, 0.4) is 0 Å². The van der Waals surface area contributed by atoms with Gasteiger partial charge in [-0.05, 0) is 19.8 Å². The van der Waals surface area contributed by atoms with Gasteiger partial charge >= 0.3 is 14.8 Å². The quantitative estimate of drug-likeness (QED) is 0.138. The van der Waals surface area contributed by atoms with Gasteiger partial charge in [0.2, 0.25) is 0 Å². The molecule has 0 saturated carbocycles. The van der Waals surface area contributed by atoms with Crippen LogP contribution in [0.2, 0.25) is 6.04 Å². The van der Waals surface area contributed by atoms with Gasteiger partial charge in [-0.15, -0.1) is 0 Å². The lowest BCUT2D eigenvalue weighted by molar-refractivity contribution is -0.137. The van der Waals surface area contributed by atoms with Crippen LogP contribution in [0, 0.1) is 0 Å². The summed E-state index contributed by atoms with van der Waals surface area (Å²) in [6.45, 7) is 2.36. The lowest BCUT2D eigenvalue weighted by Gasteiger charge is -2.24. The van der Waals surface area contributed by atoms with Gasteiger partial charge < -0.3 is 18.0 Å². The van der Waals surface area contributed by atoms with Crippen molar-refractivity contribution in [3.05, 3.63) is 12.2 Å². The van der Waals surface area contributed by atoms with E-state index in [0.717, 1.165) is 25.3 Å². The van der Waals surface area contributed by atoms with E-state index in [2.05, 4.69) is 0 Å². The molecular weight excluding hydrogens is 348 g/mol. The van der Waals surface area contributed by atoms with Crippen molar-refractivity contribution >= 4 is 14.8 Å². The van der Waals surface area contributed by atoms with Crippen molar-refractivity contribution in [1.82, 2.24) is 0 Å². The lowest BCUT2D eigenvalue weighted by atomic mass is 10.1. The summed E-state index contributed by atoms with van der Waals surface area (Å²) in [6, 6.07) is 0.903. The van der Waals surface area contributed by atoms with Gasteiger partial charge in [0.1, 0.15) is 0 Å². The van der Waals surface area contributed by atoms with Crippen molar-refractivity contribution in [1.29, 1.82) is 0 Å². The maximum atomic E-state index is 11.1. The van der Waals surface area contributed by atoms with Crippen molar-refractivity contribution in [3.8, 4) is 0 Å². The molecule has 6 heteroatoms. The van der Waals surface area contributed by atoms with Gasteiger partial charge in [-0.25, -0.2) is 4.79 Å². The first kappa shape index (κ1) is 25.3. The number of carbonyl (C=O) groups excluding carboxylic acids is 1. The molecule has 0 heterocycles. The number of allylic oxidation sites excluding steroid dienone is 1. The maximum Gasteiger partial charge on any atom is 0.500 e. The summed E-state index contributed by atoms with van der Waals surface area (Å²) in [5, 5.41) is 0. The molecule has 0 N–H and O–H groups in total. The zero-order chi connectivity index (χ0) is 19.5. The Labute approximate surface area is 161 Å². The van der Waals surface area contributed by atoms with E-state index in [1.54, 1.807) is 27.4 Å². The molecule has 154 valence electrons. The third-order valence-electron chi connectivity index (χ3n) is 4.61. The Bertz CT molecular complexity index is 348. The van der Waals surface area contributed by atoms with Crippen LogP contribution in [0.4, 0.5) is 0 Å². The van der Waals surface area contributed by atoms with E-state index >= 15 is 0 Å². The van der Waals surface area contributed by atoms with Crippen LogP contribution >= 0.6 is 0 Å². The summed E-state index contributed by atoms with van der Waals surface area (Å²) < 4.78 is 21.4. The molecule has 26 heavy (non-hydrogen) atoms. The SMILES string of the molecule is CC=CC(=O)OCCCCCCCCCCCCC[Si](OC)(OC)OC. The van der Waals surface area contributed by atoms with Crippen molar-refractivity contribution in [3.63, 3.8) is 0 Å². The standard InChI is InChI=1S/C20H40O5Si/c1-5-17-20(21)25-18-15-13-11-9-7-6-8-10-12-14-16-19-26(22-2,23-3)24-4/h5,17H,6-16,18-19H2,1-4H3. The maximum absolute atomic E-state index is 11.1. The highest BCUT2D eigenvalue weighted by atomic mass is 28.4. The molecule has 0 fully saturated rings. The highest BCUT2D eigenvalue weighted by molar-refractivity contribution is 6.60. The van der Waals surface area contributed by atoms with Gasteiger partial charge in [-0.2, -0.15) is 0 Å². The normalized spacial score (nSPS) is 12.0. The Morgan fingerprint density at radius 2 is 1.15 bits per heavy atom. The molecule has 0 atom stereocenters. The van der Waals surface area contributed by atoms with Crippen LogP contribution < -0.4 is 0 Å². The molecule has 0 spiro atoms. The number of unbranched alkanes of at least 4 members (excludes halogenated alkanes) is 10. The number of hydrogen-bond donors (Lipinski definition) is 0. The fourth-order valence-electron chi connectivity index (χ4n) is 2.95. The molecule has 0 aliphatic carbocycles. The first-order chi connectivity index (χ1) is 12.6. The van der Waals surface area contributed by atoms with Crippen molar-refractivity contribution < 1.29 is 22.8 Å². The van der Waals surface area contributed by atoms with E-state index in [4.69, 9.17) is 18.0 Å². The van der Waals surface area contributed by atoms with Gasteiger partial charge in [0, 0.05) is 33.4 Å². The predicted molar refractivity (Wildman–Crippen MR) is 108 cm³/mol. The summed E-state index contributed by atoms with van der Waals surface area (Å²) in [5.74, 6) is -0.229. The molecule has 0 unspecified atom stereocenters. The average molecular weight is 389 g/mol. The monoisotopic (exact) mass is 388 g/mol. The van der Waals surface area contributed by atoms with Crippen LogP contribution in [-0.2, 0) is 22.8 Å². The third kappa shape index (κ3) is 13.5. The largest absolute Gasteiger partial charge is 0.500 e. The predicted octanol–water partition coefficient (Wildman–Crippen LogP) is 5.27. The first-order valence-corrected chi connectivity index (χ1v) is 12.0. The second-order valence-corrected chi connectivity index (χ2v) is 9.69. The van der Waals surface area contributed by atoms with Crippen LogP contribution in [0.25, 0.3) is 0 Å². The van der Waals surface area contributed by atoms with Crippen LogP contribution in [0.5, 0.6) is 0 Å². The van der Waals surface area contributed by atoms with Crippen LogP contribution in [0.1, 0.15) is 77.6 Å². The van der Waals surface area contributed by atoms with E-state index in [9.17, 15) is 4.79 Å². The first-order valence-electron chi connectivity index (χ1n) is 10.1. The number of esters is 1.